The molecule has 0 unspecified atom stereocenters. The van der Waals surface area contributed by atoms with E-state index < -0.39 is 11.8 Å². The molecule has 0 bridgehead atoms. The van der Waals surface area contributed by atoms with Gasteiger partial charge in [-0.3, -0.25) is 9.59 Å². The molecule has 0 spiro atoms. The summed E-state index contributed by atoms with van der Waals surface area (Å²) in [7, 11) is 3.03. The van der Waals surface area contributed by atoms with Gasteiger partial charge in [-0.15, -0.1) is 0 Å². The average molecular weight is 329 g/mol. The van der Waals surface area contributed by atoms with E-state index in [9.17, 15) is 9.59 Å². The lowest BCUT2D eigenvalue weighted by Gasteiger charge is -2.24. The van der Waals surface area contributed by atoms with Gasteiger partial charge in [0.25, 0.3) is 0 Å². The fourth-order valence-corrected chi connectivity index (χ4v) is 2.47. The molecule has 0 aromatic heterocycles. The molecule has 104 valence electrons. The van der Waals surface area contributed by atoms with Gasteiger partial charge in [-0.1, -0.05) is 15.9 Å². The standard InChI is InChI=1S/C13H17BrN2O3/c1-6-7(2)11(19-5)10(8(3)9(6)14)16(4)13(18)12(15)17/h1-5H3,(H2,15,17). The first-order valence-electron chi connectivity index (χ1n) is 5.64. The zero-order valence-corrected chi connectivity index (χ0v) is 13.2. The number of primary amides is 1. The summed E-state index contributed by atoms with van der Waals surface area (Å²) in [6.07, 6.45) is 0. The van der Waals surface area contributed by atoms with E-state index >= 15 is 0 Å². The minimum absolute atomic E-state index is 0.543. The van der Waals surface area contributed by atoms with Crippen LogP contribution in [0.3, 0.4) is 0 Å². The number of hydrogen-bond donors (Lipinski definition) is 1. The summed E-state index contributed by atoms with van der Waals surface area (Å²) in [6, 6.07) is 0. The van der Waals surface area contributed by atoms with Crippen LogP contribution in [0.15, 0.2) is 4.47 Å². The van der Waals surface area contributed by atoms with Crippen LogP contribution in [0.5, 0.6) is 5.75 Å². The van der Waals surface area contributed by atoms with Gasteiger partial charge in [0.1, 0.15) is 5.75 Å². The topological polar surface area (TPSA) is 72.6 Å². The minimum Gasteiger partial charge on any atom is -0.494 e. The van der Waals surface area contributed by atoms with Gasteiger partial charge >= 0.3 is 11.8 Å². The number of methoxy groups -OCH3 is 1. The maximum Gasteiger partial charge on any atom is 0.315 e. The molecule has 19 heavy (non-hydrogen) atoms. The van der Waals surface area contributed by atoms with Gasteiger partial charge in [-0.05, 0) is 37.5 Å². The molecule has 1 rings (SSSR count). The number of amides is 2. The van der Waals surface area contributed by atoms with Crippen LogP contribution in [0, 0.1) is 20.8 Å². The summed E-state index contributed by atoms with van der Waals surface area (Å²) in [5.41, 5.74) is 8.33. The van der Waals surface area contributed by atoms with Crippen molar-refractivity contribution >= 4 is 33.4 Å². The van der Waals surface area contributed by atoms with Crippen LogP contribution in [0.4, 0.5) is 5.69 Å². The number of likely N-dealkylation sites (N-methyl/N-ethyl adjacent to an activating group) is 1. The van der Waals surface area contributed by atoms with Crippen molar-refractivity contribution in [2.45, 2.75) is 20.8 Å². The Labute approximate surface area is 120 Å². The van der Waals surface area contributed by atoms with Crippen molar-refractivity contribution in [3.05, 3.63) is 21.2 Å². The maximum absolute atomic E-state index is 11.8. The number of anilines is 1. The molecule has 2 amide bonds. The summed E-state index contributed by atoms with van der Waals surface area (Å²) < 4.78 is 6.26. The first-order chi connectivity index (χ1) is 8.73. The number of ether oxygens (including phenoxy) is 1. The molecule has 1 aromatic carbocycles. The quantitative estimate of drug-likeness (QED) is 0.842. The number of benzene rings is 1. The fraction of sp³-hybridized carbons (Fsp3) is 0.385. The SMILES string of the molecule is COc1c(C)c(C)c(Br)c(C)c1N(C)C(=O)C(N)=O. The lowest BCUT2D eigenvalue weighted by Crippen LogP contribution is -2.38. The normalized spacial score (nSPS) is 10.2. The minimum atomic E-state index is -1.00. The van der Waals surface area contributed by atoms with Crippen LogP contribution in [0.1, 0.15) is 16.7 Å². The zero-order chi connectivity index (χ0) is 14.9. The van der Waals surface area contributed by atoms with E-state index in [1.807, 2.05) is 20.8 Å². The van der Waals surface area contributed by atoms with Crippen molar-refractivity contribution in [3.8, 4) is 5.75 Å². The van der Waals surface area contributed by atoms with Gasteiger partial charge in [0.15, 0.2) is 0 Å². The van der Waals surface area contributed by atoms with E-state index in [0.29, 0.717) is 11.4 Å². The van der Waals surface area contributed by atoms with E-state index in [2.05, 4.69) is 15.9 Å². The Bertz CT molecular complexity index is 556. The predicted molar refractivity (Wildman–Crippen MR) is 77.5 cm³/mol. The van der Waals surface area contributed by atoms with Gasteiger partial charge in [0.05, 0.1) is 12.8 Å². The predicted octanol–water partition coefficient (Wildman–Crippen LogP) is 1.83. The summed E-state index contributed by atoms with van der Waals surface area (Å²) in [6.45, 7) is 5.69. The van der Waals surface area contributed by atoms with Gasteiger partial charge in [-0.25, -0.2) is 0 Å². The molecular weight excluding hydrogens is 312 g/mol. The summed E-state index contributed by atoms with van der Waals surface area (Å²) in [5, 5.41) is 0. The third kappa shape index (κ3) is 2.58. The molecule has 0 saturated heterocycles. The first-order valence-corrected chi connectivity index (χ1v) is 6.44. The van der Waals surface area contributed by atoms with E-state index in [1.165, 1.54) is 19.1 Å². The number of hydrogen-bond acceptors (Lipinski definition) is 3. The lowest BCUT2D eigenvalue weighted by atomic mass is 10.0. The number of rotatable bonds is 2. The molecule has 0 atom stereocenters. The third-order valence-corrected chi connectivity index (χ3v) is 4.38. The molecule has 0 heterocycles. The van der Waals surface area contributed by atoms with Gasteiger partial charge in [-0.2, -0.15) is 0 Å². The van der Waals surface area contributed by atoms with Crippen molar-refractivity contribution in [1.82, 2.24) is 0 Å². The molecule has 5 nitrogen and oxygen atoms in total. The Morgan fingerprint density at radius 2 is 1.68 bits per heavy atom. The molecule has 0 aliphatic rings. The highest BCUT2D eigenvalue weighted by Crippen LogP contribution is 2.41. The van der Waals surface area contributed by atoms with E-state index in [1.54, 1.807) is 0 Å². The Kier molecular flexibility index (Phi) is 4.57. The number of halogens is 1. The lowest BCUT2D eigenvalue weighted by molar-refractivity contribution is -0.135. The molecule has 1 aromatic rings. The Hall–Kier alpha value is -1.56. The van der Waals surface area contributed by atoms with Gasteiger partial charge in [0.2, 0.25) is 0 Å². The molecule has 2 N–H and O–H groups in total. The van der Waals surface area contributed by atoms with Crippen LogP contribution in [-0.2, 0) is 9.59 Å². The maximum atomic E-state index is 11.8. The molecule has 0 radical (unpaired) electrons. The summed E-state index contributed by atoms with van der Waals surface area (Å²) in [4.78, 5) is 24.0. The fourth-order valence-electron chi connectivity index (χ4n) is 1.99. The average Bonchev–Trinajstić information content (AvgIpc) is 2.38. The molecule has 0 aliphatic carbocycles. The van der Waals surface area contributed by atoms with E-state index in [0.717, 1.165) is 21.2 Å². The monoisotopic (exact) mass is 328 g/mol. The highest BCUT2D eigenvalue weighted by atomic mass is 79.9. The summed E-state index contributed by atoms with van der Waals surface area (Å²) >= 11 is 3.49. The second kappa shape index (κ2) is 5.61. The smallest absolute Gasteiger partial charge is 0.315 e. The zero-order valence-electron chi connectivity index (χ0n) is 11.6. The molecule has 0 aliphatic heterocycles. The van der Waals surface area contributed by atoms with Crippen molar-refractivity contribution in [2.75, 3.05) is 19.1 Å². The van der Waals surface area contributed by atoms with Crippen LogP contribution >= 0.6 is 15.9 Å². The Morgan fingerprint density at radius 1 is 1.16 bits per heavy atom. The Morgan fingerprint density at radius 3 is 2.11 bits per heavy atom. The van der Waals surface area contributed by atoms with E-state index in [4.69, 9.17) is 10.5 Å². The second-order valence-corrected chi connectivity index (χ2v) is 5.09. The largest absolute Gasteiger partial charge is 0.494 e. The van der Waals surface area contributed by atoms with Crippen molar-refractivity contribution < 1.29 is 14.3 Å². The molecule has 6 heteroatoms. The van der Waals surface area contributed by atoms with Crippen LogP contribution in [0.2, 0.25) is 0 Å². The van der Waals surface area contributed by atoms with E-state index in [-0.39, 0.29) is 0 Å². The molecular formula is C13H17BrN2O3. The van der Waals surface area contributed by atoms with Crippen molar-refractivity contribution in [3.63, 3.8) is 0 Å². The van der Waals surface area contributed by atoms with Crippen molar-refractivity contribution in [1.29, 1.82) is 0 Å². The number of carbonyl (C=O) groups excluding carboxylic acids is 2. The highest BCUT2D eigenvalue weighted by Gasteiger charge is 2.25. The number of nitrogens with zero attached hydrogens (tertiary/aromatic N) is 1. The van der Waals surface area contributed by atoms with Crippen LogP contribution in [0.25, 0.3) is 0 Å². The third-order valence-electron chi connectivity index (χ3n) is 3.19. The van der Waals surface area contributed by atoms with Crippen LogP contribution in [-0.4, -0.2) is 26.0 Å². The van der Waals surface area contributed by atoms with Crippen LogP contribution < -0.4 is 15.4 Å². The van der Waals surface area contributed by atoms with Crippen molar-refractivity contribution in [2.24, 2.45) is 5.73 Å². The highest BCUT2D eigenvalue weighted by molar-refractivity contribution is 9.10. The van der Waals surface area contributed by atoms with Gasteiger partial charge < -0.3 is 15.4 Å². The first kappa shape index (κ1) is 15.5. The number of nitrogens with two attached hydrogens (primary N) is 1. The Balaban J connectivity index is 3.59. The number of carbonyl (C=O) groups is 2. The van der Waals surface area contributed by atoms with Gasteiger partial charge in [0, 0.05) is 11.5 Å². The molecule has 0 saturated carbocycles. The molecule has 0 fully saturated rings. The second-order valence-electron chi connectivity index (χ2n) is 4.30. The summed E-state index contributed by atoms with van der Waals surface area (Å²) in [5.74, 6) is -1.22.